The lowest BCUT2D eigenvalue weighted by Crippen LogP contribution is -2.65. The Hall–Kier alpha value is -1.36. The lowest BCUT2D eigenvalue weighted by atomic mass is 9.69. The molecule has 4 heterocycles. The number of carbonyl (C=O) groups is 1. The number of hydrogen-bond acceptors (Lipinski definition) is 3. The van der Waals surface area contributed by atoms with Gasteiger partial charge in [-0.3, -0.25) is 14.8 Å². The highest BCUT2D eigenvalue weighted by atomic mass is 16.2. The van der Waals surface area contributed by atoms with Gasteiger partial charge in [-0.25, -0.2) is 0 Å². The van der Waals surface area contributed by atoms with Crippen molar-refractivity contribution in [3.63, 3.8) is 0 Å². The Morgan fingerprint density at radius 2 is 1.93 bits per heavy atom. The molecule has 5 rings (SSSR count). The van der Waals surface area contributed by atoms with E-state index in [2.05, 4.69) is 26.1 Å². The summed E-state index contributed by atoms with van der Waals surface area (Å²) in [5.41, 5.74) is 1.22. The average molecular weight is 371 g/mol. The summed E-state index contributed by atoms with van der Waals surface area (Å²) in [7, 11) is 0. The maximum absolute atomic E-state index is 12.9. The van der Waals surface area contributed by atoms with E-state index in [-0.39, 0.29) is 0 Å². The second-order valence-corrected chi connectivity index (χ2v) is 9.60. The number of likely N-dealkylation sites (tertiary alicyclic amines) is 1. The largest absolute Gasteiger partial charge is 0.336 e. The maximum atomic E-state index is 12.9. The Bertz CT molecular complexity index is 639. The predicted octanol–water partition coefficient (Wildman–Crippen LogP) is 3.58. The number of fused-ring (bicyclic) bond motifs is 4. The zero-order valence-electron chi connectivity index (χ0n) is 16.5. The van der Waals surface area contributed by atoms with Crippen LogP contribution in [-0.4, -0.2) is 51.1 Å². The molecule has 1 saturated carbocycles. The summed E-state index contributed by atoms with van der Waals surface area (Å²) in [6.07, 6.45) is 14.5. The lowest BCUT2D eigenvalue weighted by molar-refractivity contribution is -0.154. The monoisotopic (exact) mass is 370 g/mol. The molecular formula is C22H34N4O. The van der Waals surface area contributed by atoms with E-state index in [4.69, 9.17) is 0 Å². The molecular weight excluding hydrogens is 336 g/mol. The number of rotatable bonds is 4. The minimum atomic E-state index is 0.462. The Kier molecular flexibility index (Phi) is 4.97. The topological polar surface area (TPSA) is 52.2 Å². The van der Waals surface area contributed by atoms with Gasteiger partial charge in [-0.05, 0) is 49.5 Å². The fraction of sp³-hybridized carbons (Fsp3) is 0.818. The molecule has 4 fully saturated rings. The second kappa shape index (κ2) is 7.57. The smallest absolute Gasteiger partial charge is 0.223 e. The Morgan fingerprint density at radius 3 is 2.74 bits per heavy atom. The predicted molar refractivity (Wildman–Crippen MR) is 105 cm³/mol. The molecule has 1 amide bonds. The van der Waals surface area contributed by atoms with Crippen LogP contribution in [0, 0.1) is 17.8 Å². The number of piperidine rings is 3. The van der Waals surface area contributed by atoms with E-state index in [1.807, 2.05) is 6.20 Å². The summed E-state index contributed by atoms with van der Waals surface area (Å²) in [6.45, 7) is 3.26. The summed E-state index contributed by atoms with van der Waals surface area (Å²) in [4.78, 5) is 18.0. The molecule has 4 aliphatic rings. The highest BCUT2D eigenvalue weighted by molar-refractivity contribution is 5.78. The van der Waals surface area contributed by atoms with Crippen molar-refractivity contribution >= 4 is 5.91 Å². The van der Waals surface area contributed by atoms with Crippen molar-refractivity contribution in [1.82, 2.24) is 20.0 Å². The molecule has 0 aromatic carbocycles. The molecule has 27 heavy (non-hydrogen) atoms. The number of nitrogens with zero attached hydrogens (tertiary/aromatic N) is 3. The van der Waals surface area contributed by atoms with Gasteiger partial charge in [0.2, 0.25) is 5.91 Å². The minimum Gasteiger partial charge on any atom is -0.336 e. The van der Waals surface area contributed by atoms with Crippen LogP contribution in [-0.2, 0) is 11.3 Å². The first-order chi connectivity index (χ1) is 13.3. The molecule has 5 heteroatoms. The third-order valence-corrected chi connectivity index (χ3v) is 7.82. The second-order valence-electron chi connectivity index (χ2n) is 9.60. The van der Waals surface area contributed by atoms with Gasteiger partial charge in [-0.15, -0.1) is 0 Å². The molecule has 0 radical (unpaired) electrons. The van der Waals surface area contributed by atoms with Crippen LogP contribution in [0.25, 0.3) is 0 Å². The number of aromatic amines is 1. The van der Waals surface area contributed by atoms with Gasteiger partial charge in [0, 0.05) is 50.0 Å². The van der Waals surface area contributed by atoms with Crippen molar-refractivity contribution in [2.24, 2.45) is 17.8 Å². The summed E-state index contributed by atoms with van der Waals surface area (Å²) < 4.78 is 0. The molecule has 4 atom stereocenters. The van der Waals surface area contributed by atoms with Crippen LogP contribution < -0.4 is 0 Å². The van der Waals surface area contributed by atoms with E-state index in [9.17, 15) is 4.79 Å². The van der Waals surface area contributed by atoms with Crippen LogP contribution in [0.2, 0.25) is 0 Å². The van der Waals surface area contributed by atoms with Crippen LogP contribution in [0.15, 0.2) is 12.3 Å². The highest BCUT2D eigenvalue weighted by Crippen LogP contribution is 2.44. The standard InChI is InChI=1S/C22H34N4O/c27-22-8-4-7-20-17-12-18(14-25(13-17)15-19-9-10-23-24-19)21(26(20)22)11-16-5-2-1-3-6-16/h9-10,16-18,20-21H,1-8,11-15H2,(H,23,24)/t17-,18+,20+,21+/m1/s1. The van der Waals surface area contributed by atoms with Gasteiger partial charge >= 0.3 is 0 Å². The first-order valence-corrected chi connectivity index (χ1v) is 11.3. The van der Waals surface area contributed by atoms with Crippen molar-refractivity contribution < 1.29 is 4.79 Å². The number of hydrogen-bond donors (Lipinski definition) is 1. The Balaban J connectivity index is 1.36. The van der Waals surface area contributed by atoms with Crippen LogP contribution in [0.1, 0.15) is 69.9 Å². The van der Waals surface area contributed by atoms with Gasteiger partial charge in [0.1, 0.15) is 0 Å². The quantitative estimate of drug-likeness (QED) is 0.881. The fourth-order valence-electron chi connectivity index (χ4n) is 6.68. The third-order valence-electron chi connectivity index (χ3n) is 7.82. The van der Waals surface area contributed by atoms with Crippen molar-refractivity contribution in [1.29, 1.82) is 0 Å². The van der Waals surface area contributed by atoms with Gasteiger partial charge in [-0.1, -0.05) is 32.1 Å². The van der Waals surface area contributed by atoms with E-state index in [0.717, 1.165) is 38.4 Å². The number of nitrogens with one attached hydrogen (secondary N) is 1. The number of aromatic nitrogens is 2. The zero-order valence-corrected chi connectivity index (χ0v) is 16.5. The number of carbonyl (C=O) groups excluding carboxylic acids is 1. The molecule has 3 saturated heterocycles. The Labute approximate surface area is 162 Å². The van der Waals surface area contributed by atoms with E-state index < -0.39 is 0 Å². The molecule has 1 aromatic heterocycles. The molecule has 0 spiro atoms. The first kappa shape index (κ1) is 17.7. The van der Waals surface area contributed by atoms with Crippen molar-refractivity contribution in [3.8, 4) is 0 Å². The molecule has 3 aliphatic heterocycles. The van der Waals surface area contributed by atoms with Crippen molar-refractivity contribution in [3.05, 3.63) is 18.0 Å². The molecule has 0 unspecified atom stereocenters. The number of H-pyrrole nitrogens is 1. The summed E-state index contributed by atoms with van der Waals surface area (Å²) >= 11 is 0. The molecule has 2 bridgehead atoms. The SMILES string of the molecule is O=C1CCC[C@H]2[C@@H]3C[C@@H](CN(Cc4ccn[nH]4)C3)[C@H](CC3CCCCC3)N12. The van der Waals surface area contributed by atoms with E-state index in [1.54, 1.807) is 0 Å². The summed E-state index contributed by atoms with van der Waals surface area (Å²) in [5, 5.41) is 7.26. The van der Waals surface area contributed by atoms with Gasteiger partial charge in [0.25, 0.3) is 0 Å². The van der Waals surface area contributed by atoms with Gasteiger partial charge in [0.05, 0.1) is 0 Å². The van der Waals surface area contributed by atoms with Crippen LogP contribution in [0.4, 0.5) is 0 Å². The minimum absolute atomic E-state index is 0.462. The van der Waals surface area contributed by atoms with E-state index >= 15 is 0 Å². The highest BCUT2D eigenvalue weighted by Gasteiger charge is 2.49. The van der Waals surface area contributed by atoms with Crippen molar-refractivity contribution in [2.45, 2.75) is 82.8 Å². The molecule has 1 N–H and O–H groups in total. The maximum Gasteiger partial charge on any atom is 0.223 e. The molecule has 5 nitrogen and oxygen atoms in total. The number of amides is 1. The van der Waals surface area contributed by atoms with E-state index in [0.29, 0.717) is 29.8 Å². The van der Waals surface area contributed by atoms with Crippen LogP contribution in [0.3, 0.4) is 0 Å². The molecule has 1 aliphatic carbocycles. The zero-order chi connectivity index (χ0) is 18.2. The third kappa shape index (κ3) is 3.55. The van der Waals surface area contributed by atoms with Gasteiger partial charge in [-0.2, -0.15) is 5.10 Å². The fourth-order valence-corrected chi connectivity index (χ4v) is 6.68. The van der Waals surface area contributed by atoms with Gasteiger partial charge in [0.15, 0.2) is 0 Å². The van der Waals surface area contributed by atoms with Crippen LogP contribution in [0.5, 0.6) is 0 Å². The van der Waals surface area contributed by atoms with Crippen LogP contribution >= 0.6 is 0 Å². The average Bonchev–Trinajstić information content (AvgIpc) is 3.19. The van der Waals surface area contributed by atoms with Gasteiger partial charge < -0.3 is 4.90 Å². The molecule has 1 aromatic rings. The van der Waals surface area contributed by atoms with E-state index in [1.165, 1.54) is 57.1 Å². The van der Waals surface area contributed by atoms with Crippen molar-refractivity contribution in [2.75, 3.05) is 13.1 Å². The lowest BCUT2D eigenvalue weighted by Gasteiger charge is -2.57. The molecule has 148 valence electrons. The Morgan fingerprint density at radius 1 is 1.07 bits per heavy atom. The summed E-state index contributed by atoms with van der Waals surface area (Å²) in [6, 6.07) is 3.09. The summed E-state index contributed by atoms with van der Waals surface area (Å²) in [5.74, 6) is 2.63. The normalized spacial score (nSPS) is 35.3. The first-order valence-electron chi connectivity index (χ1n) is 11.3.